The number of rotatable bonds is 6. The highest BCUT2D eigenvalue weighted by atomic mass is 14.7. The summed E-state index contributed by atoms with van der Waals surface area (Å²) in [5, 5.41) is 0. The van der Waals surface area contributed by atoms with Crippen LogP contribution < -0.4 is 0 Å². The molecule has 3 heterocycles. The minimum atomic E-state index is 0.639. The van der Waals surface area contributed by atoms with E-state index < -0.39 is 0 Å². The third kappa shape index (κ3) is 5.64. The summed E-state index contributed by atoms with van der Waals surface area (Å²) in [5.74, 6) is 0.639. The Morgan fingerprint density at radius 2 is 1.00 bits per heavy atom. The largest absolute Gasteiger partial charge is 0.256 e. The third-order valence-corrected chi connectivity index (χ3v) is 8.35. The first-order valence-electron chi connectivity index (χ1n) is 15.0. The highest BCUT2D eigenvalue weighted by molar-refractivity contribution is 5.82. The van der Waals surface area contributed by atoms with Gasteiger partial charge in [-0.3, -0.25) is 9.97 Å². The zero-order chi connectivity index (χ0) is 28.1. The maximum Gasteiger partial charge on any atom is 0.0715 e. The maximum absolute atomic E-state index is 5.09. The average Bonchev–Trinajstić information content (AvgIpc) is 3.09. The molecule has 3 nitrogen and oxygen atoms in total. The van der Waals surface area contributed by atoms with Gasteiger partial charge in [0.25, 0.3) is 0 Å². The summed E-state index contributed by atoms with van der Waals surface area (Å²) < 4.78 is 0. The third-order valence-electron chi connectivity index (χ3n) is 8.35. The van der Waals surface area contributed by atoms with E-state index in [1.165, 1.54) is 37.7 Å². The predicted molar refractivity (Wildman–Crippen MR) is 173 cm³/mol. The SMILES string of the molecule is c1ccc(-c2cc(-c3cc(-c4ccccn4)cc(-c4ccc(C5CCCCC5)cn4)c3)cc(-c3ccccc3)n2)cc1. The standard InChI is InChI=1S/C39H33N3/c1-4-12-28(13-5-1)31-19-20-37(41-27-31)35-23-32(22-34(24-35)36-18-10-11-21-40-36)33-25-38(29-14-6-2-7-15-29)42-39(26-33)30-16-8-3-9-17-30/h2-3,6-11,14-28H,1,4-5,12-13H2. The van der Waals surface area contributed by atoms with Crippen molar-refractivity contribution >= 4 is 0 Å². The Bertz CT molecular complexity index is 1720. The Morgan fingerprint density at radius 1 is 0.429 bits per heavy atom. The van der Waals surface area contributed by atoms with Crippen LogP contribution in [0.2, 0.25) is 0 Å². The molecule has 6 aromatic rings. The van der Waals surface area contributed by atoms with Crippen molar-refractivity contribution in [1.82, 2.24) is 15.0 Å². The molecule has 204 valence electrons. The van der Waals surface area contributed by atoms with Crippen molar-refractivity contribution in [3.63, 3.8) is 0 Å². The second-order valence-electron chi connectivity index (χ2n) is 11.2. The summed E-state index contributed by atoms with van der Waals surface area (Å²) in [7, 11) is 0. The van der Waals surface area contributed by atoms with Gasteiger partial charge < -0.3 is 0 Å². The molecule has 0 amide bonds. The smallest absolute Gasteiger partial charge is 0.0715 e. The lowest BCUT2D eigenvalue weighted by molar-refractivity contribution is 0.443. The molecule has 1 saturated carbocycles. The van der Waals surface area contributed by atoms with Gasteiger partial charge in [0.1, 0.15) is 0 Å². The van der Waals surface area contributed by atoms with Crippen molar-refractivity contribution in [3.05, 3.63) is 139 Å². The zero-order valence-electron chi connectivity index (χ0n) is 23.7. The second kappa shape index (κ2) is 11.9. The minimum absolute atomic E-state index is 0.639. The van der Waals surface area contributed by atoms with Crippen LogP contribution in [0.4, 0.5) is 0 Å². The highest BCUT2D eigenvalue weighted by Gasteiger charge is 2.17. The molecule has 3 heteroatoms. The van der Waals surface area contributed by atoms with Gasteiger partial charge >= 0.3 is 0 Å². The van der Waals surface area contributed by atoms with Crippen LogP contribution in [0.15, 0.2) is 134 Å². The van der Waals surface area contributed by atoms with Gasteiger partial charge in [0.2, 0.25) is 0 Å². The first-order chi connectivity index (χ1) is 20.8. The Kier molecular flexibility index (Phi) is 7.39. The molecule has 0 atom stereocenters. The molecular formula is C39H33N3. The number of benzene rings is 3. The summed E-state index contributed by atoms with van der Waals surface area (Å²) in [6, 6.07) is 42.5. The van der Waals surface area contributed by atoms with Crippen LogP contribution in [-0.2, 0) is 0 Å². The van der Waals surface area contributed by atoms with Gasteiger partial charge in [0.05, 0.1) is 22.8 Å². The van der Waals surface area contributed by atoms with Crippen molar-refractivity contribution in [2.75, 3.05) is 0 Å². The molecule has 7 rings (SSSR count). The molecular weight excluding hydrogens is 510 g/mol. The summed E-state index contributed by atoms with van der Waals surface area (Å²) >= 11 is 0. The fourth-order valence-electron chi connectivity index (χ4n) is 6.09. The Balaban J connectivity index is 1.37. The number of hydrogen-bond donors (Lipinski definition) is 0. The molecule has 0 spiro atoms. The number of hydrogen-bond acceptors (Lipinski definition) is 3. The number of nitrogens with zero attached hydrogens (tertiary/aromatic N) is 3. The number of pyridine rings is 3. The van der Waals surface area contributed by atoms with E-state index in [-0.39, 0.29) is 0 Å². The van der Waals surface area contributed by atoms with E-state index in [2.05, 4.69) is 103 Å². The van der Waals surface area contributed by atoms with Gasteiger partial charge in [-0.05, 0) is 84.0 Å². The molecule has 0 bridgehead atoms. The van der Waals surface area contributed by atoms with Crippen LogP contribution in [0.5, 0.6) is 0 Å². The molecule has 0 N–H and O–H groups in total. The molecule has 0 radical (unpaired) electrons. The van der Waals surface area contributed by atoms with E-state index in [9.17, 15) is 0 Å². The monoisotopic (exact) mass is 543 g/mol. The first kappa shape index (κ1) is 26.0. The summed E-state index contributed by atoms with van der Waals surface area (Å²) in [5.41, 5.74) is 11.8. The summed E-state index contributed by atoms with van der Waals surface area (Å²) in [4.78, 5) is 14.8. The van der Waals surface area contributed by atoms with Gasteiger partial charge in [-0.2, -0.15) is 0 Å². The van der Waals surface area contributed by atoms with Crippen molar-refractivity contribution in [1.29, 1.82) is 0 Å². The van der Waals surface area contributed by atoms with E-state index in [1.807, 2.05) is 30.5 Å². The van der Waals surface area contributed by atoms with E-state index in [4.69, 9.17) is 15.0 Å². The Morgan fingerprint density at radius 3 is 1.57 bits per heavy atom. The normalized spacial score (nSPS) is 13.6. The van der Waals surface area contributed by atoms with Crippen LogP contribution in [0, 0.1) is 0 Å². The molecule has 1 aliphatic rings. The van der Waals surface area contributed by atoms with Gasteiger partial charge in [-0.1, -0.05) is 92.1 Å². The van der Waals surface area contributed by atoms with E-state index in [1.54, 1.807) is 0 Å². The molecule has 3 aromatic heterocycles. The molecule has 1 aliphatic carbocycles. The summed E-state index contributed by atoms with van der Waals surface area (Å²) in [6.45, 7) is 0. The van der Waals surface area contributed by atoms with Crippen LogP contribution in [0.3, 0.4) is 0 Å². The van der Waals surface area contributed by atoms with E-state index in [0.717, 1.165) is 56.2 Å². The summed E-state index contributed by atoms with van der Waals surface area (Å²) in [6.07, 6.45) is 10.5. The highest BCUT2D eigenvalue weighted by Crippen LogP contribution is 2.36. The fraction of sp³-hybridized carbons (Fsp3) is 0.154. The minimum Gasteiger partial charge on any atom is -0.256 e. The number of aromatic nitrogens is 3. The van der Waals surface area contributed by atoms with Crippen molar-refractivity contribution in [2.45, 2.75) is 38.0 Å². The predicted octanol–water partition coefficient (Wildman–Crippen LogP) is 10.3. The first-order valence-corrected chi connectivity index (χ1v) is 15.0. The topological polar surface area (TPSA) is 38.7 Å². The quantitative estimate of drug-likeness (QED) is 0.210. The maximum atomic E-state index is 5.09. The molecule has 3 aromatic carbocycles. The lowest BCUT2D eigenvalue weighted by Crippen LogP contribution is -2.04. The van der Waals surface area contributed by atoms with Crippen molar-refractivity contribution in [2.24, 2.45) is 0 Å². The van der Waals surface area contributed by atoms with Gasteiger partial charge in [-0.25, -0.2) is 4.98 Å². The second-order valence-corrected chi connectivity index (χ2v) is 11.2. The fourth-order valence-corrected chi connectivity index (χ4v) is 6.09. The zero-order valence-corrected chi connectivity index (χ0v) is 23.7. The molecule has 0 unspecified atom stereocenters. The van der Waals surface area contributed by atoms with Gasteiger partial charge in [0.15, 0.2) is 0 Å². The van der Waals surface area contributed by atoms with Crippen LogP contribution >= 0.6 is 0 Å². The van der Waals surface area contributed by atoms with Crippen molar-refractivity contribution in [3.8, 4) is 56.2 Å². The molecule has 0 aliphatic heterocycles. The van der Waals surface area contributed by atoms with Crippen molar-refractivity contribution < 1.29 is 0 Å². The Hall–Kier alpha value is -4.89. The lowest BCUT2D eigenvalue weighted by Gasteiger charge is -2.21. The molecule has 0 saturated heterocycles. The lowest BCUT2D eigenvalue weighted by atomic mass is 9.84. The van der Waals surface area contributed by atoms with Gasteiger partial charge in [0, 0.05) is 34.6 Å². The van der Waals surface area contributed by atoms with E-state index in [0.29, 0.717) is 5.92 Å². The van der Waals surface area contributed by atoms with Crippen LogP contribution in [0.1, 0.15) is 43.6 Å². The van der Waals surface area contributed by atoms with Crippen LogP contribution in [0.25, 0.3) is 56.2 Å². The van der Waals surface area contributed by atoms with Gasteiger partial charge in [-0.15, -0.1) is 0 Å². The molecule has 42 heavy (non-hydrogen) atoms. The molecule has 1 fully saturated rings. The van der Waals surface area contributed by atoms with E-state index >= 15 is 0 Å². The van der Waals surface area contributed by atoms with Crippen LogP contribution in [-0.4, -0.2) is 15.0 Å². The Labute approximate surface area is 248 Å². The average molecular weight is 544 g/mol.